The van der Waals surface area contributed by atoms with E-state index in [1.54, 1.807) is 0 Å². The van der Waals surface area contributed by atoms with Crippen LogP contribution >= 0.6 is 0 Å². The minimum Gasteiger partial charge on any atom is -0.334 e. The van der Waals surface area contributed by atoms with Crippen molar-refractivity contribution in [1.29, 1.82) is 0 Å². The van der Waals surface area contributed by atoms with Crippen molar-refractivity contribution in [3.05, 3.63) is 88.5 Å². The second-order valence-electron chi connectivity index (χ2n) is 9.94. The molecule has 9 heteroatoms. The summed E-state index contributed by atoms with van der Waals surface area (Å²) >= 11 is 0. The molecule has 0 unspecified atom stereocenters. The summed E-state index contributed by atoms with van der Waals surface area (Å²) < 4.78 is 5.98. The number of rotatable bonds is 12. The molecule has 4 heterocycles. The van der Waals surface area contributed by atoms with Crippen LogP contribution in [0.1, 0.15) is 63.4 Å². The summed E-state index contributed by atoms with van der Waals surface area (Å²) in [5, 5.41) is 14.2. The average Bonchev–Trinajstić information content (AvgIpc) is 3.70. The van der Waals surface area contributed by atoms with Gasteiger partial charge in [-0.1, -0.05) is 51.8 Å². The summed E-state index contributed by atoms with van der Waals surface area (Å²) in [6.07, 6.45) is 11.9. The number of aryl methyl sites for hydroxylation is 3. The Kier molecular flexibility index (Phi) is 8.15. The van der Waals surface area contributed by atoms with Crippen LogP contribution in [0.3, 0.4) is 0 Å². The maximum Gasteiger partial charge on any atom is 0.334 e. The maximum absolute atomic E-state index is 14.0. The monoisotopic (exact) mass is 524 g/mol. The van der Waals surface area contributed by atoms with Crippen molar-refractivity contribution in [3.8, 4) is 28.3 Å². The van der Waals surface area contributed by atoms with E-state index in [9.17, 15) is 4.79 Å². The largest absolute Gasteiger partial charge is 0.334 e. The molecule has 9 nitrogen and oxygen atoms in total. The van der Waals surface area contributed by atoms with Crippen molar-refractivity contribution in [2.45, 2.75) is 72.4 Å². The van der Waals surface area contributed by atoms with E-state index in [1.807, 2.05) is 39.6 Å². The van der Waals surface area contributed by atoms with E-state index in [1.165, 1.54) is 5.56 Å². The highest BCUT2D eigenvalue weighted by Crippen LogP contribution is 2.25. The molecule has 39 heavy (non-hydrogen) atoms. The molecule has 0 aliphatic carbocycles. The van der Waals surface area contributed by atoms with Gasteiger partial charge in [0.2, 0.25) is 0 Å². The number of aromatic amines is 1. The van der Waals surface area contributed by atoms with Gasteiger partial charge in [0.1, 0.15) is 5.82 Å². The van der Waals surface area contributed by atoms with E-state index in [0.29, 0.717) is 12.4 Å². The van der Waals surface area contributed by atoms with Gasteiger partial charge in [-0.25, -0.2) is 9.89 Å². The molecule has 4 aromatic heterocycles. The lowest BCUT2D eigenvalue weighted by Crippen LogP contribution is -2.27. The molecule has 0 bridgehead atoms. The predicted octanol–water partition coefficient (Wildman–Crippen LogP) is 5.44. The number of H-pyrrole nitrogens is 1. The molecule has 0 spiro atoms. The molecule has 0 fully saturated rings. The lowest BCUT2D eigenvalue weighted by atomic mass is 10.0. The minimum absolute atomic E-state index is 0.0125. The van der Waals surface area contributed by atoms with Crippen LogP contribution in [0.15, 0.2) is 65.8 Å². The minimum atomic E-state index is -0.0125. The van der Waals surface area contributed by atoms with Crippen molar-refractivity contribution < 1.29 is 0 Å². The number of nitrogens with zero attached hydrogens (tertiary/aromatic N) is 7. The highest BCUT2D eigenvalue weighted by Gasteiger charge is 2.19. The van der Waals surface area contributed by atoms with Crippen molar-refractivity contribution >= 4 is 0 Å². The van der Waals surface area contributed by atoms with Gasteiger partial charge < -0.3 is 4.57 Å². The number of pyridine rings is 1. The summed E-state index contributed by atoms with van der Waals surface area (Å²) in [7, 11) is 0. The molecule has 0 aliphatic rings. The Morgan fingerprint density at radius 2 is 1.77 bits per heavy atom. The first kappa shape index (κ1) is 26.3. The van der Waals surface area contributed by atoms with Gasteiger partial charge in [-0.15, -0.1) is 5.10 Å². The van der Waals surface area contributed by atoms with Crippen LogP contribution in [0.4, 0.5) is 0 Å². The van der Waals surface area contributed by atoms with Crippen molar-refractivity contribution in [2.24, 2.45) is 0 Å². The van der Waals surface area contributed by atoms with Crippen LogP contribution in [-0.4, -0.2) is 39.3 Å². The zero-order valence-electron chi connectivity index (χ0n) is 23.0. The number of benzene rings is 1. The third kappa shape index (κ3) is 5.62. The molecule has 0 radical (unpaired) electrons. The molecular formula is C30H36N8O. The van der Waals surface area contributed by atoms with Crippen LogP contribution in [0.2, 0.25) is 0 Å². The van der Waals surface area contributed by atoms with Gasteiger partial charge >= 0.3 is 5.69 Å². The number of hydrogen-bond donors (Lipinski definition) is 1. The van der Waals surface area contributed by atoms with Gasteiger partial charge in [-0.3, -0.25) is 14.1 Å². The molecule has 0 aliphatic heterocycles. The molecular weight excluding hydrogens is 488 g/mol. The van der Waals surface area contributed by atoms with E-state index in [0.717, 1.165) is 79.0 Å². The van der Waals surface area contributed by atoms with Gasteiger partial charge in [0, 0.05) is 36.4 Å². The number of hydrogen-bond acceptors (Lipinski definition) is 5. The fraction of sp³-hybridized carbons (Fsp3) is 0.367. The molecule has 0 atom stereocenters. The second-order valence-corrected chi connectivity index (χ2v) is 9.94. The third-order valence-electron chi connectivity index (χ3n) is 7.03. The van der Waals surface area contributed by atoms with Crippen molar-refractivity contribution in [3.63, 3.8) is 0 Å². The lowest BCUT2D eigenvalue weighted by molar-refractivity contribution is 0.638. The summed E-state index contributed by atoms with van der Waals surface area (Å²) in [5.74, 6) is 1.62. The number of unbranched alkanes of at least 4 members (excludes halogenated alkanes) is 1. The average molecular weight is 525 g/mol. The highest BCUT2D eigenvalue weighted by atomic mass is 16.1. The number of tetrazole rings is 1. The molecule has 0 amide bonds. The van der Waals surface area contributed by atoms with Crippen LogP contribution in [-0.2, 0) is 25.9 Å². The van der Waals surface area contributed by atoms with Gasteiger partial charge in [0.05, 0.1) is 12.2 Å². The van der Waals surface area contributed by atoms with E-state index >= 15 is 0 Å². The lowest BCUT2D eigenvalue weighted by Gasteiger charge is -2.11. The molecule has 0 saturated heterocycles. The van der Waals surface area contributed by atoms with E-state index in [2.05, 4.69) is 81.5 Å². The third-order valence-corrected chi connectivity index (χ3v) is 7.03. The molecule has 0 saturated carbocycles. The standard InChI is InChI=1S/C30H36N8O/c1-4-7-12-27-21-38(29-22(9-5-2)14-17-36(29)16-6-3)30(39)37(27)20-26-19-24(13-15-31-26)23-10-8-11-25(18-23)28-32-34-35-33-28/h8,10-11,13-15,17-19,21H,4-7,9,12,16,20H2,1-3H3,(H,32,33,34,35). The quantitative estimate of drug-likeness (QED) is 0.234. The maximum atomic E-state index is 14.0. The first-order chi connectivity index (χ1) is 19.1. The summed E-state index contributed by atoms with van der Waals surface area (Å²) in [4.78, 5) is 18.6. The first-order valence-electron chi connectivity index (χ1n) is 13.9. The van der Waals surface area contributed by atoms with Crippen LogP contribution in [0, 0.1) is 0 Å². The Balaban J connectivity index is 1.52. The van der Waals surface area contributed by atoms with E-state index < -0.39 is 0 Å². The zero-order chi connectivity index (χ0) is 27.2. The van der Waals surface area contributed by atoms with Gasteiger partial charge in [0.15, 0.2) is 5.82 Å². The first-order valence-corrected chi connectivity index (χ1v) is 13.9. The van der Waals surface area contributed by atoms with Gasteiger partial charge in [-0.2, -0.15) is 0 Å². The van der Waals surface area contributed by atoms with Crippen LogP contribution in [0.25, 0.3) is 28.3 Å². The van der Waals surface area contributed by atoms with Crippen molar-refractivity contribution in [2.75, 3.05) is 0 Å². The number of aromatic nitrogens is 8. The summed E-state index contributed by atoms with van der Waals surface area (Å²) in [6, 6.07) is 14.3. The Hall–Kier alpha value is -4.27. The zero-order valence-corrected chi connectivity index (χ0v) is 23.0. The SMILES string of the molecule is CCCCc1cn(-c2c(CCC)ccn2CCC)c(=O)n1Cc1cc(-c2cccc(-c3nnn[nH]3)c2)ccn1. The molecule has 1 N–H and O–H groups in total. The van der Waals surface area contributed by atoms with E-state index in [-0.39, 0.29) is 5.69 Å². The predicted molar refractivity (Wildman–Crippen MR) is 153 cm³/mol. The summed E-state index contributed by atoms with van der Waals surface area (Å²) in [6.45, 7) is 7.83. The molecule has 5 aromatic rings. The highest BCUT2D eigenvalue weighted by molar-refractivity contribution is 5.70. The number of nitrogens with one attached hydrogen (secondary N) is 1. The Morgan fingerprint density at radius 3 is 2.54 bits per heavy atom. The second kappa shape index (κ2) is 12.1. The Bertz CT molecular complexity index is 1550. The topological polar surface area (TPSA) is 99.2 Å². The smallest absolute Gasteiger partial charge is 0.334 e. The number of imidazole rings is 1. The molecule has 1 aromatic carbocycles. The fourth-order valence-electron chi connectivity index (χ4n) is 5.13. The fourth-order valence-corrected chi connectivity index (χ4v) is 5.13. The molecule has 5 rings (SSSR count). The normalized spacial score (nSPS) is 11.4. The molecule has 202 valence electrons. The summed E-state index contributed by atoms with van der Waals surface area (Å²) in [5.41, 5.74) is 6.05. The van der Waals surface area contributed by atoms with Crippen molar-refractivity contribution in [1.82, 2.24) is 39.3 Å². The van der Waals surface area contributed by atoms with Gasteiger partial charge in [-0.05, 0) is 77.1 Å². The van der Waals surface area contributed by atoms with Crippen LogP contribution < -0.4 is 5.69 Å². The Labute approximate surface area is 228 Å². The Morgan fingerprint density at radius 1 is 0.923 bits per heavy atom. The van der Waals surface area contributed by atoms with Gasteiger partial charge in [0.25, 0.3) is 0 Å². The van der Waals surface area contributed by atoms with Crippen LogP contribution in [0.5, 0.6) is 0 Å². The van der Waals surface area contributed by atoms with E-state index in [4.69, 9.17) is 0 Å².